The fourth-order valence-electron chi connectivity index (χ4n) is 2.76. The molecule has 1 radical (unpaired) electrons. The summed E-state index contributed by atoms with van der Waals surface area (Å²) >= 11 is 0. The first-order valence-corrected chi connectivity index (χ1v) is 5.58. The van der Waals surface area contributed by atoms with Gasteiger partial charge < -0.3 is 0 Å². The van der Waals surface area contributed by atoms with Crippen LogP contribution in [0.15, 0.2) is 0 Å². The third-order valence-electron chi connectivity index (χ3n) is 3.53. The van der Waals surface area contributed by atoms with Crippen LogP contribution in [0.5, 0.6) is 0 Å². The van der Waals surface area contributed by atoms with E-state index >= 15 is 0 Å². The lowest BCUT2D eigenvalue weighted by Gasteiger charge is -2.24. The summed E-state index contributed by atoms with van der Waals surface area (Å²) in [5, 5.41) is 4.40. The lowest BCUT2D eigenvalue weighted by molar-refractivity contribution is 0.298. The van der Waals surface area contributed by atoms with Crippen LogP contribution in [0.25, 0.3) is 0 Å². The van der Waals surface area contributed by atoms with E-state index in [9.17, 15) is 0 Å². The van der Waals surface area contributed by atoms with Gasteiger partial charge in [0.05, 0.1) is 0 Å². The smallest absolute Gasteiger partial charge is 0.0136 e. The maximum atomic E-state index is 4.40. The van der Waals surface area contributed by atoms with Crippen molar-refractivity contribution in [2.45, 2.75) is 44.9 Å². The van der Waals surface area contributed by atoms with Gasteiger partial charge in [-0.25, -0.2) is 5.32 Å². The highest BCUT2D eigenvalue weighted by Gasteiger charge is 2.21. The maximum Gasteiger partial charge on any atom is 0.0136 e. The summed E-state index contributed by atoms with van der Waals surface area (Å²) in [7, 11) is 0. The zero-order valence-corrected chi connectivity index (χ0v) is 7.97. The van der Waals surface area contributed by atoms with Gasteiger partial charge in [0, 0.05) is 13.1 Å². The van der Waals surface area contributed by atoms with Gasteiger partial charge in [0.25, 0.3) is 0 Å². The van der Waals surface area contributed by atoms with Crippen LogP contribution in [0.2, 0.25) is 0 Å². The molecular formula is C11H20N. The summed E-state index contributed by atoms with van der Waals surface area (Å²) in [6.07, 6.45) is 10.3. The molecule has 1 aliphatic carbocycles. The van der Waals surface area contributed by atoms with Gasteiger partial charge in [0.1, 0.15) is 0 Å². The molecule has 69 valence electrons. The van der Waals surface area contributed by atoms with Gasteiger partial charge in [-0.1, -0.05) is 25.7 Å². The van der Waals surface area contributed by atoms with E-state index < -0.39 is 0 Å². The van der Waals surface area contributed by atoms with Crippen LogP contribution in [-0.4, -0.2) is 13.1 Å². The summed E-state index contributed by atoms with van der Waals surface area (Å²) < 4.78 is 0. The molecule has 2 fully saturated rings. The highest BCUT2D eigenvalue weighted by Crippen LogP contribution is 2.32. The van der Waals surface area contributed by atoms with Crippen LogP contribution >= 0.6 is 0 Å². The van der Waals surface area contributed by atoms with Crippen molar-refractivity contribution < 1.29 is 0 Å². The number of nitrogens with zero attached hydrogens (tertiary/aromatic N) is 1. The minimum atomic E-state index is 1.03. The lowest BCUT2D eigenvalue weighted by Crippen LogP contribution is -2.23. The first-order chi connectivity index (χ1) is 5.95. The third-order valence-corrected chi connectivity index (χ3v) is 3.53. The van der Waals surface area contributed by atoms with E-state index in [2.05, 4.69) is 5.32 Å². The Bertz CT molecular complexity index is 121. The topological polar surface area (TPSA) is 14.1 Å². The molecular weight excluding hydrogens is 146 g/mol. The van der Waals surface area contributed by atoms with E-state index in [-0.39, 0.29) is 0 Å². The predicted octanol–water partition coefficient (Wildman–Crippen LogP) is 2.58. The molecule has 1 aliphatic heterocycles. The molecule has 0 aromatic heterocycles. The molecule has 1 saturated carbocycles. The van der Waals surface area contributed by atoms with Gasteiger partial charge in [-0.2, -0.15) is 0 Å². The molecule has 1 saturated heterocycles. The van der Waals surface area contributed by atoms with Crippen molar-refractivity contribution in [2.24, 2.45) is 11.8 Å². The van der Waals surface area contributed by atoms with E-state index in [0.717, 1.165) is 24.9 Å². The van der Waals surface area contributed by atoms with Crippen molar-refractivity contribution in [1.29, 1.82) is 0 Å². The minimum absolute atomic E-state index is 1.03. The Morgan fingerprint density at radius 3 is 2.08 bits per heavy atom. The van der Waals surface area contributed by atoms with Crippen molar-refractivity contribution in [3.63, 3.8) is 0 Å². The second-order valence-electron chi connectivity index (χ2n) is 4.50. The fraction of sp³-hybridized carbons (Fsp3) is 1.00. The maximum absolute atomic E-state index is 4.40. The molecule has 1 nitrogen and oxygen atoms in total. The van der Waals surface area contributed by atoms with Crippen LogP contribution in [0.1, 0.15) is 44.9 Å². The Morgan fingerprint density at radius 2 is 1.42 bits per heavy atom. The predicted molar refractivity (Wildman–Crippen MR) is 51.2 cm³/mol. The van der Waals surface area contributed by atoms with Crippen molar-refractivity contribution >= 4 is 0 Å². The second-order valence-corrected chi connectivity index (χ2v) is 4.50. The monoisotopic (exact) mass is 166 g/mol. The van der Waals surface area contributed by atoms with Gasteiger partial charge in [-0.15, -0.1) is 0 Å². The summed E-state index contributed by atoms with van der Waals surface area (Å²) in [6, 6.07) is 0. The molecule has 2 rings (SSSR count). The Hall–Kier alpha value is -0.0400. The highest BCUT2D eigenvalue weighted by atomic mass is 14.9. The molecule has 1 heterocycles. The van der Waals surface area contributed by atoms with Crippen LogP contribution < -0.4 is 5.32 Å². The molecule has 0 bridgehead atoms. The van der Waals surface area contributed by atoms with E-state index in [4.69, 9.17) is 0 Å². The molecule has 0 spiro atoms. The average Bonchev–Trinajstić information content (AvgIpc) is 2.59. The van der Waals surface area contributed by atoms with Crippen molar-refractivity contribution in [2.75, 3.05) is 13.1 Å². The first kappa shape index (κ1) is 8.55. The molecule has 1 heteroatoms. The Kier molecular flexibility index (Phi) is 3.04. The molecule has 0 atom stereocenters. The van der Waals surface area contributed by atoms with Crippen LogP contribution in [0.3, 0.4) is 0 Å². The molecule has 0 amide bonds. The molecule has 2 aliphatic rings. The summed E-state index contributed by atoms with van der Waals surface area (Å²) in [5.74, 6) is 2.12. The fourth-order valence-corrected chi connectivity index (χ4v) is 2.76. The van der Waals surface area contributed by atoms with E-state index in [1.807, 2.05) is 0 Å². The van der Waals surface area contributed by atoms with Crippen molar-refractivity contribution in [3.8, 4) is 0 Å². The van der Waals surface area contributed by atoms with E-state index in [0.29, 0.717) is 0 Å². The van der Waals surface area contributed by atoms with Gasteiger partial charge in [-0.3, -0.25) is 0 Å². The molecule has 0 N–H and O–H groups in total. The molecule has 0 aromatic carbocycles. The van der Waals surface area contributed by atoms with E-state index in [1.165, 1.54) is 44.9 Å². The lowest BCUT2D eigenvalue weighted by atomic mass is 9.87. The van der Waals surface area contributed by atoms with Crippen LogP contribution in [0, 0.1) is 11.8 Å². The molecule has 0 unspecified atom stereocenters. The van der Waals surface area contributed by atoms with Crippen LogP contribution in [-0.2, 0) is 0 Å². The third kappa shape index (κ3) is 2.22. The van der Waals surface area contributed by atoms with Gasteiger partial charge in [-0.05, 0) is 31.1 Å². The number of hydrogen-bond acceptors (Lipinski definition) is 0. The van der Waals surface area contributed by atoms with Crippen molar-refractivity contribution in [1.82, 2.24) is 5.32 Å². The summed E-state index contributed by atoms with van der Waals surface area (Å²) in [4.78, 5) is 0. The standard InChI is InChI=1S/C11H20N/c1-2-4-10(3-1)9-11-5-7-12-8-6-11/h10-11H,1-9H2. The Morgan fingerprint density at radius 1 is 0.833 bits per heavy atom. The number of hydrogen-bond donors (Lipinski definition) is 0. The van der Waals surface area contributed by atoms with E-state index in [1.54, 1.807) is 0 Å². The summed E-state index contributed by atoms with van der Waals surface area (Å²) in [5.41, 5.74) is 0. The highest BCUT2D eigenvalue weighted by molar-refractivity contribution is 4.75. The molecule has 0 aromatic rings. The Balaban J connectivity index is 1.69. The normalized spacial score (nSPS) is 28.0. The summed E-state index contributed by atoms with van der Waals surface area (Å²) in [6.45, 7) is 2.30. The molecule has 12 heavy (non-hydrogen) atoms. The SMILES string of the molecule is C1CCC(CC2CC[N]CC2)C1. The van der Waals surface area contributed by atoms with Crippen LogP contribution in [0.4, 0.5) is 0 Å². The number of piperidine rings is 1. The minimum Gasteiger partial charge on any atom is -0.242 e. The Labute approximate surface area is 75.9 Å². The van der Waals surface area contributed by atoms with Crippen molar-refractivity contribution in [3.05, 3.63) is 0 Å². The second kappa shape index (κ2) is 4.27. The largest absolute Gasteiger partial charge is 0.242 e. The van der Waals surface area contributed by atoms with Gasteiger partial charge >= 0.3 is 0 Å². The zero-order valence-electron chi connectivity index (χ0n) is 7.97. The van der Waals surface area contributed by atoms with Gasteiger partial charge in [0.2, 0.25) is 0 Å². The quantitative estimate of drug-likeness (QED) is 0.598. The average molecular weight is 166 g/mol. The zero-order chi connectivity index (χ0) is 8.23. The number of rotatable bonds is 2. The first-order valence-electron chi connectivity index (χ1n) is 5.58. The van der Waals surface area contributed by atoms with Gasteiger partial charge in [0.15, 0.2) is 0 Å².